The summed E-state index contributed by atoms with van der Waals surface area (Å²) in [5, 5.41) is 3.88. The van der Waals surface area contributed by atoms with E-state index in [0.29, 0.717) is 4.95 Å². The third kappa shape index (κ3) is 2.65. The minimum absolute atomic E-state index is 0.552. The molecule has 0 aromatic carbocycles. The molecule has 3 aliphatic carbocycles. The third-order valence-corrected chi connectivity index (χ3v) is 8.08. The van der Waals surface area contributed by atoms with Gasteiger partial charge in [0.1, 0.15) is 0 Å². The van der Waals surface area contributed by atoms with Crippen LogP contribution in [0.3, 0.4) is 0 Å². The van der Waals surface area contributed by atoms with Crippen LogP contribution in [0.2, 0.25) is 0 Å². The molecule has 4 aliphatic rings. The van der Waals surface area contributed by atoms with Crippen LogP contribution < -0.4 is 5.32 Å². The van der Waals surface area contributed by atoms with Crippen LogP contribution in [0, 0.1) is 35.5 Å². The maximum atomic E-state index is 3.88. The Kier molecular flexibility index (Phi) is 4.28. The van der Waals surface area contributed by atoms with E-state index in [9.17, 15) is 0 Å². The van der Waals surface area contributed by atoms with E-state index in [2.05, 4.69) is 53.3 Å². The summed E-state index contributed by atoms with van der Waals surface area (Å²) in [5.74, 6) is 5.63. The van der Waals surface area contributed by atoms with Crippen molar-refractivity contribution in [2.45, 2.75) is 63.4 Å². The summed E-state index contributed by atoms with van der Waals surface area (Å²) < 4.78 is 0. The second-order valence-electron chi connectivity index (χ2n) is 8.44. The molecular formula is C20H30BrN. The first kappa shape index (κ1) is 15.4. The van der Waals surface area contributed by atoms with Crippen molar-refractivity contribution in [2.24, 2.45) is 35.5 Å². The lowest BCUT2D eigenvalue weighted by Gasteiger charge is -2.49. The number of fused-ring (bicyclic) bond motifs is 2. The Balaban J connectivity index is 1.52. The summed E-state index contributed by atoms with van der Waals surface area (Å²) >= 11 is 3.81. The van der Waals surface area contributed by atoms with Crippen LogP contribution in [0.5, 0.6) is 0 Å². The van der Waals surface area contributed by atoms with Crippen molar-refractivity contribution in [3.63, 3.8) is 0 Å². The maximum absolute atomic E-state index is 3.88. The molecule has 1 N–H and O–H groups in total. The monoisotopic (exact) mass is 363 g/mol. The maximum Gasteiger partial charge on any atom is 0.0632 e. The van der Waals surface area contributed by atoms with E-state index in [1.807, 2.05) is 0 Å². The lowest BCUT2D eigenvalue weighted by molar-refractivity contribution is 0.0459. The van der Waals surface area contributed by atoms with Gasteiger partial charge in [0.15, 0.2) is 0 Å². The molecule has 4 rings (SSSR count). The first-order chi connectivity index (χ1) is 10.6. The topological polar surface area (TPSA) is 12.0 Å². The zero-order valence-electron chi connectivity index (χ0n) is 14.0. The molecule has 0 amide bonds. The molecule has 1 saturated heterocycles. The molecule has 0 aromatic rings. The van der Waals surface area contributed by atoms with Gasteiger partial charge in [-0.15, -0.1) is 0 Å². The first-order valence-corrected chi connectivity index (χ1v) is 10.3. The molecule has 0 aromatic heterocycles. The van der Waals surface area contributed by atoms with Crippen LogP contribution in [0.1, 0.15) is 52.4 Å². The highest BCUT2D eigenvalue weighted by molar-refractivity contribution is 9.09. The quantitative estimate of drug-likeness (QED) is 0.519. The standard InChI is InChI=1S/C20H30BrN/c1-12-9-17-13(2)15-7-8-20(21)22-19(15)11-18(17)16(12)10-14-5-3-4-6-14/h3-5,12-13,15-20,22H,6-11H2,1-2H3. The Bertz CT molecular complexity index is 480. The number of hydrogen-bond donors (Lipinski definition) is 1. The van der Waals surface area contributed by atoms with Gasteiger partial charge in [-0.05, 0) is 74.0 Å². The first-order valence-electron chi connectivity index (χ1n) is 9.38. The summed E-state index contributed by atoms with van der Waals surface area (Å²) in [6, 6.07) is 0.762. The highest BCUT2D eigenvalue weighted by Gasteiger charge is 2.51. The molecule has 122 valence electrons. The van der Waals surface area contributed by atoms with E-state index in [1.54, 1.807) is 5.57 Å². The van der Waals surface area contributed by atoms with Crippen molar-refractivity contribution in [2.75, 3.05) is 0 Å². The molecule has 0 spiro atoms. The smallest absolute Gasteiger partial charge is 0.0632 e. The number of allylic oxidation sites excluding steroid dienone is 4. The molecule has 8 unspecified atom stereocenters. The molecule has 1 nitrogen and oxygen atoms in total. The van der Waals surface area contributed by atoms with Crippen molar-refractivity contribution in [1.29, 1.82) is 0 Å². The molecule has 1 aliphatic heterocycles. The predicted molar refractivity (Wildman–Crippen MR) is 96.9 cm³/mol. The molecule has 2 heteroatoms. The molecule has 2 saturated carbocycles. The van der Waals surface area contributed by atoms with Gasteiger partial charge in [-0.1, -0.05) is 53.6 Å². The fourth-order valence-corrected chi connectivity index (χ4v) is 6.84. The third-order valence-electron chi connectivity index (χ3n) is 7.36. The van der Waals surface area contributed by atoms with Gasteiger partial charge < -0.3 is 5.32 Å². The Morgan fingerprint density at radius 3 is 2.77 bits per heavy atom. The van der Waals surface area contributed by atoms with Gasteiger partial charge in [-0.3, -0.25) is 0 Å². The summed E-state index contributed by atoms with van der Waals surface area (Å²) in [5.41, 5.74) is 1.68. The van der Waals surface area contributed by atoms with Crippen molar-refractivity contribution >= 4 is 15.9 Å². The molecule has 0 bridgehead atoms. The van der Waals surface area contributed by atoms with E-state index in [1.165, 1.54) is 38.5 Å². The number of nitrogens with one attached hydrogen (secondary N) is 1. The highest BCUT2D eigenvalue weighted by Crippen LogP contribution is 2.56. The van der Waals surface area contributed by atoms with Crippen molar-refractivity contribution < 1.29 is 0 Å². The second kappa shape index (κ2) is 6.09. The molecule has 1 heterocycles. The average molecular weight is 364 g/mol. The van der Waals surface area contributed by atoms with Gasteiger partial charge in [0.25, 0.3) is 0 Å². The molecule has 0 radical (unpaired) electrons. The summed E-state index contributed by atoms with van der Waals surface area (Å²) in [6.45, 7) is 5.10. The van der Waals surface area contributed by atoms with E-state index in [0.717, 1.165) is 41.5 Å². The molecular weight excluding hydrogens is 334 g/mol. The largest absolute Gasteiger partial charge is 0.302 e. The number of hydrogen-bond acceptors (Lipinski definition) is 1. The Morgan fingerprint density at radius 1 is 1.14 bits per heavy atom. The zero-order chi connectivity index (χ0) is 15.3. The van der Waals surface area contributed by atoms with Crippen molar-refractivity contribution in [3.05, 3.63) is 23.8 Å². The second-order valence-corrected chi connectivity index (χ2v) is 9.55. The SMILES string of the molecule is CC1CC2C(C)C3CCC(Br)NC3CC2C1CC1=CC=CC1. The van der Waals surface area contributed by atoms with Crippen LogP contribution in [-0.4, -0.2) is 11.0 Å². The minimum atomic E-state index is 0.552. The van der Waals surface area contributed by atoms with Gasteiger partial charge >= 0.3 is 0 Å². The fraction of sp³-hybridized carbons (Fsp3) is 0.800. The number of rotatable bonds is 2. The molecule has 3 fully saturated rings. The van der Waals surface area contributed by atoms with E-state index >= 15 is 0 Å². The normalized spacial score (nSPS) is 50.6. The number of piperidine rings is 1. The number of alkyl halides is 1. The minimum Gasteiger partial charge on any atom is -0.302 e. The van der Waals surface area contributed by atoms with Crippen molar-refractivity contribution in [1.82, 2.24) is 5.32 Å². The van der Waals surface area contributed by atoms with E-state index in [-0.39, 0.29) is 0 Å². The highest BCUT2D eigenvalue weighted by atomic mass is 79.9. The molecule has 22 heavy (non-hydrogen) atoms. The van der Waals surface area contributed by atoms with Crippen LogP contribution in [0.25, 0.3) is 0 Å². The van der Waals surface area contributed by atoms with Crippen LogP contribution in [0.15, 0.2) is 23.8 Å². The van der Waals surface area contributed by atoms with Gasteiger partial charge in [0.2, 0.25) is 0 Å². The van der Waals surface area contributed by atoms with Crippen LogP contribution in [-0.2, 0) is 0 Å². The van der Waals surface area contributed by atoms with Crippen LogP contribution in [0.4, 0.5) is 0 Å². The lowest BCUT2D eigenvalue weighted by Crippen LogP contribution is -2.53. The van der Waals surface area contributed by atoms with Gasteiger partial charge in [0.05, 0.1) is 4.95 Å². The summed E-state index contributed by atoms with van der Waals surface area (Å²) in [6.07, 6.45) is 15.2. The van der Waals surface area contributed by atoms with Gasteiger partial charge in [-0.25, -0.2) is 0 Å². The molecule has 8 atom stereocenters. The summed E-state index contributed by atoms with van der Waals surface area (Å²) in [4.78, 5) is 0.552. The Morgan fingerprint density at radius 2 is 2.00 bits per heavy atom. The van der Waals surface area contributed by atoms with Gasteiger partial charge in [-0.2, -0.15) is 0 Å². The fourth-order valence-electron chi connectivity index (χ4n) is 6.23. The van der Waals surface area contributed by atoms with E-state index < -0.39 is 0 Å². The Labute approximate surface area is 144 Å². The van der Waals surface area contributed by atoms with Crippen LogP contribution >= 0.6 is 15.9 Å². The van der Waals surface area contributed by atoms with Crippen molar-refractivity contribution in [3.8, 4) is 0 Å². The zero-order valence-corrected chi connectivity index (χ0v) is 15.6. The lowest BCUT2D eigenvalue weighted by atomic mass is 9.62. The van der Waals surface area contributed by atoms with Gasteiger partial charge in [0, 0.05) is 6.04 Å². The Hall–Kier alpha value is -0.0800. The summed E-state index contributed by atoms with van der Waals surface area (Å²) in [7, 11) is 0. The van der Waals surface area contributed by atoms with E-state index in [4.69, 9.17) is 0 Å². The average Bonchev–Trinajstić information content (AvgIpc) is 3.10. The predicted octanol–water partition coefficient (Wildman–Crippen LogP) is 5.28. The number of halogens is 1.